The van der Waals surface area contributed by atoms with E-state index in [9.17, 15) is 4.79 Å². The number of nitrogens with zero attached hydrogens (tertiary/aromatic N) is 3. The average Bonchev–Trinajstić information content (AvgIpc) is 3.00. The summed E-state index contributed by atoms with van der Waals surface area (Å²) >= 11 is 6.33. The maximum atomic E-state index is 11.9. The third-order valence-electron chi connectivity index (χ3n) is 3.72. The first-order chi connectivity index (χ1) is 11.4. The van der Waals surface area contributed by atoms with Gasteiger partial charge in [-0.15, -0.1) is 0 Å². The first-order valence-corrected chi connectivity index (χ1v) is 8.41. The summed E-state index contributed by atoms with van der Waals surface area (Å²) in [6, 6.07) is 0. The molecule has 0 spiro atoms. The van der Waals surface area contributed by atoms with Crippen LogP contribution in [0.4, 0.5) is 0 Å². The van der Waals surface area contributed by atoms with Gasteiger partial charge in [-0.25, -0.2) is 4.98 Å². The van der Waals surface area contributed by atoms with Crippen LogP contribution in [0, 0.1) is 20.8 Å². The van der Waals surface area contributed by atoms with E-state index >= 15 is 0 Å². The molecule has 7 heteroatoms. The lowest BCUT2D eigenvalue weighted by Gasteiger charge is -2.00. The van der Waals surface area contributed by atoms with E-state index in [0.29, 0.717) is 11.0 Å². The summed E-state index contributed by atoms with van der Waals surface area (Å²) in [4.78, 5) is 16.2. The van der Waals surface area contributed by atoms with E-state index in [-0.39, 0.29) is 12.5 Å². The Morgan fingerprint density at radius 2 is 2.08 bits per heavy atom. The number of aromatic nitrogens is 3. The Morgan fingerprint density at radius 3 is 2.71 bits per heavy atom. The Balaban J connectivity index is 1.97. The molecule has 0 unspecified atom stereocenters. The highest BCUT2D eigenvalue weighted by Gasteiger charge is 2.11. The largest absolute Gasteiger partial charge is 0.444 e. The first kappa shape index (κ1) is 18.3. The van der Waals surface area contributed by atoms with E-state index in [1.807, 2.05) is 20.8 Å². The predicted octanol–water partition coefficient (Wildman–Crippen LogP) is 3.58. The monoisotopic (exact) mass is 350 g/mol. The van der Waals surface area contributed by atoms with Crippen molar-refractivity contribution in [3.63, 3.8) is 0 Å². The zero-order chi connectivity index (χ0) is 17.7. The van der Waals surface area contributed by atoms with E-state index in [2.05, 4.69) is 22.3 Å². The van der Waals surface area contributed by atoms with Gasteiger partial charge in [0.15, 0.2) is 0 Å². The van der Waals surface area contributed by atoms with Crippen molar-refractivity contribution in [1.29, 1.82) is 0 Å². The molecular formula is C17H23ClN4O2. The molecule has 0 aliphatic heterocycles. The molecule has 2 heterocycles. The number of amides is 1. The second kappa shape index (κ2) is 8.15. The minimum absolute atomic E-state index is 0.236. The van der Waals surface area contributed by atoms with Gasteiger partial charge >= 0.3 is 0 Å². The Hall–Kier alpha value is -2.08. The van der Waals surface area contributed by atoms with E-state index in [4.69, 9.17) is 16.0 Å². The number of nitrogens with one attached hydrogen (secondary N) is 1. The molecule has 2 aromatic rings. The number of hydrogen-bond donors (Lipinski definition) is 1. The SMILES string of the molecule is CCCCn1nc(C)c(C=CC(=O)NCc2nc(C)c(C)o2)c1Cl. The molecule has 0 bridgehead atoms. The van der Waals surface area contributed by atoms with Gasteiger partial charge in [-0.05, 0) is 33.3 Å². The lowest BCUT2D eigenvalue weighted by Crippen LogP contribution is -2.20. The number of unbranched alkanes of at least 4 members (excludes halogenated alkanes) is 1. The molecule has 0 aliphatic rings. The van der Waals surface area contributed by atoms with Crippen LogP contribution in [0.25, 0.3) is 6.08 Å². The van der Waals surface area contributed by atoms with E-state index < -0.39 is 0 Å². The van der Waals surface area contributed by atoms with Gasteiger partial charge in [0.25, 0.3) is 0 Å². The molecule has 6 nitrogen and oxygen atoms in total. The molecular weight excluding hydrogens is 328 g/mol. The van der Waals surface area contributed by atoms with Crippen LogP contribution in [0.15, 0.2) is 10.5 Å². The van der Waals surface area contributed by atoms with Crippen LogP contribution in [0.1, 0.15) is 48.4 Å². The highest BCUT2D eigenvalue weighted by Crippen LogP contribution is 2.21. The zero-order valence-electron chi connectivity index (χ0n) is 14.5. The van der Waals surface area contributed by atoms with Gasteiger partial charge < -0.3 is 9.73 Å². The molecule has 130 valence electrons. The molecule has 0 aliphatic carbocycles. The fourth-order valence-electron chi connectivity index (χ4n) is 2.21. The van der Waals surface area contributed by atoms with Gasteiger partial charge in [-0.3, -0.25) is 9.48 Å². The molecule has 1 N–H and O–H groups in total. The van der Waals surface area contributed by atoms with Crippen LogP contribution < -0.4 is 5.32 Å². The summed E-state index contributed by atoms with van der Waals surface area (Å²) in [6.07, 6.45) is 5.22. The number of hydrogen-bond acceptors (Lipinski definition) is 4. The third kappa shape index (κ3) is 4.47. The average molecular weight is 351 g/mol. The van der Waals surface area contributed by atoms with Crippen LogP contribution in [0.5, 0.6) is 0 Å². The quantitative estimate of drug-likeness (QED) is 0.774. The molecule has 24 heavy (non-hydrogen) atoms. The van der Waals surface area contributed by atoms with Gasteiger partial charge in [0.2, 0.25) is 11.8 Å². The van der Waals surface area contributed by atoms with Crippen molar-refractivity contribution in [3.8, 4) is 0 Å². The lowest BCUT2D eigenvalue weighted by atomic mass is 10.2. The summed E-state index contributed by atoms with van der Waals surface area (Å²) in [5.41, 5.74) is 2.40. The minimum atomic E-state index is -0.236. The van der Waals surface area contributed by atoms with Crippen molar-refractivity contribution in [2.24, 2.45) is 0 Å². The summed E-state index contributed by atoms with van der Waals surface area (Å²) < 4.78 is 7.20. The van der Waals surface area contributed by atoms with Crippen LogP contribution in [0.2, 0.25) is 5.15 Å². The van der Waals surface area contributed by atoms with Gasteiger partial charge in [-0.2, -0.15) is 5.10 Å². The van der Waals surface area contributed by atoms with Crippen molar-refractivity contribution in [2.75, 3.05) is 0 Å². The molecule has 0 fully saturated rings. The fraction of sp³-hybridized carbons (Fsp3) is 0.471. The van der Waals surface area contributed by atoms with Crippen molar-refractivity contribution in [1.82, 2.24) is 20.1 Å². The molecule has 2 aromatic heterocycles. The maximum absolute atomic E-state index is 11.9. The van der Waals surface area contributed by atoms with Gasteiger partial charge in [0.05, 0.1) is 17.9 Å². The number of halogens is 1. The van der Waals surface area contributed by atoms with Gasteiger partial charge in [0.1, 0.15) is 10.9 Å². The predicted molar refractivity (Wildman–Crippen MR) is 93.7 cm³/mol. The van der Waals surface area contributed by atoms with Crippen molar-refractivity contribution < 1.29 is 9.21 Å². The summed E-state index contributed by atoms with van der Waals surface area (Å²) in [5, 5.41) is 7.71. The van der Waals surface area contributed by atoms with E-state index in [1.165, 1.54) is 6.08 Å². The summed E-state index contributed by atoms with van der Waals surface area (Å²) in [7, 11) is 0. The summed E-state index contributed by atoms with van der Waals surface area (Å²) in [6.45, 7) is 8.73. The fourth-order valence-corrected chi connectivity index (χ4v) is 2.53. The second-order valence-corrected chi connectivity index (χ2v) is 6.02. The Bertz CT molecular complexity index is 727. The molecule has 1 amide bonds. The third-order valence-corrected chi connectivity index (χ3v) is 4.12. The van der Waals surface area contributed by atoms with Crippen LogP contribution >= 0.6 is 11.6 Å². The van der Waals surface area contributed by atoms with Crippen LogP contribution in [0.3, 0.4) is 0 Å². The lowest BCUT2D eigenvalue weighted by molar-refractivity contribution is -0.116. The number of carbonyl (C=O) groups excluding carboxylic acids is 1. The number of carbonyl (C=O) groups is 1. The molecule has 0 saturated carbocycles. The van der Waals surface area contributed by atoms with Crippen LogP contribution in [-0.2, 0) is 17.9 Å². The maximum Gasteiger partial charge on any atom is 0.244 e. The van der Waals surface area contributed by atoms with Gasteiger partial charge in [-0.1, -0.05) is 24.9 Å². The molecule has 0 saturated heterocycles. The number of aryl methyl sites for hydroxylation is 4. The number of oxazole rings is 1. The smallest absolute Gasteiger partial charge is 0.244 e. The molecule has 0 radical (unpaired) electrons. The Labute approximate surface area is 146 Å². The Kier molecular flexibility index (Phi) is 6.20. The van der Waals surface area contributed by atoms with E-state index in [0.717, 1.165) is 42.1 Å². The van der Waals surface area contributed by atoms with E-state index in [1.54, 1.807) is 10.8 Å². The zero-order valence-corrected chi connectivity index (χ0v) is 15.3. The highest BCUT2D eigenvalue weighted by atomic mass is 35.5. The molecule has 2 rings (SSSR count). The van der Waals surface area contributed by atoms with Crippen molar-refractivity contribution in [2.45, 2.75) is 53.6 Å². The second-order valence-electron chi connectivity index (χ2n) is 5.67. The Morgan fingerprint density at radius 1 is 1.33 bits per heavy atom. The normalized spacial score (nSPS) is 11.4. The summed E-state index contributed by atoms with van der Waals surface area (Å²) in [5.74, 6) is 1.02. The van der Waals surface area contributed by atoms with Crippen molar-refractivity contribution >= 4 is 23.6 Å². The van der Waals surface area contributed by atoms with Gasteiger partial charge in [0, 0.05) is 18.2 Å². The standard InChI is InChI=1S/C17H23ClN4O2/c1-5-6-9-22-17(18)14(12(3)21-22)7-8-15(23)19-10-16-20-11(2)13(4)24-16/h7-8H,5-6,9-10H2,1-4H3,(H,19,23). The van der Waals surface area contributed by atoms with Crippen LogP contribution in [-0.4, -0.2) is 20.7 Å². The highest BCUT2D eigenvalue weighted by molar-refractivity contribution is 6.31. The van der Waals surface area contributed by atoms with Crippen molar-refractivity contribution in [3.05, 3.63) is 39.8 Å². The minimum Gasteiger partial charge on any atom is -0.444 e. The molecule has 0 atom stereocenters. The first-order valence-electron chi connectivity index (χ1n) is 8.04. The number of rotatable bonds is 7. The molecule has 0 aromatic carbocycles. The topological polar surface area (TPSA) is 73.0 Å².